The van der Waals surface area contributed by atoms with Gasteiger partial charge in [0.05, 0.1) is 12.0 Å². The summed E-state index contributed by atoms with van der Waals surface area (Å²) in [5, 5.41) is 0. The summed E-state index contributed by atoms with van der Waals surface area (Å²) in [6.45, 7) is 2.21. The van der Waals surface area contributed by atoms with Crippen LogP contribution in [0.25, 0.3) is 0 Å². The normalized spacial score (nSPS) is 22.7. The molecule has 0 amide bonds. The summed E-state index contributed by atoms with van der Waals surface area (Å²) in [7, 11) is 0. The average molecular weight is 258 g/mol. The Kier molecular flexibility index (Phi) is 3.65. The SMILES string of the molecule is O=C(Cc1ccccn1)C1(N2CCCC2)CCCC1. The molecule has 0 unspecified atom stereocenters. The van der Waals surface area contributed by atoms with E-state index in [0.717, 1.165) is 31.6 Å². The molecular weight excluding hydrogens is 236 g/mol. The second-order valence-electron chi connectivity index (χ2n) is 5.85. The Morgan fingerprint density at radius 1 is 1.16 bits per heavy atom. The van der Waals surface area contributed by atoms with E-state index < -0.39 is 0 Å². The van der Waals surface area contributed by atoms with Gasteiger partial charge in [0.15, 0.2) is 5.78 Å². The quantitative estimate of drug-likeness (QED) is 0.832. The Morgan fingerprint density at radius 3 is 2.53 bits per heavy atom. The van der Waals surface area contributed by atoms with Crippen molar-refractivity contribution in [3.63, 3.8) is 0 Å². The molecule has 0 spiro atoms. The van der Waals surface area contributed by atoms with Crippen LogP contribution in [0.4, 0.5) is 0 Å². The molecule has 1 aliphatic heterocycles. The summed E-state index contributed by atoms with van der Waals surface area (Å²) in [6, 6.07) is 5.83. The van der Waals surface area contributed by atoms with Crippen LogP contribution in [-0.2, 0) is 11.2 Å². The van der Waals surface area contributed by atoms with E-state index in [1.807, 2.05) is 18.2 Å². The van der Waals surface area contributed by atoms with Gasteiger partial charge in [0, 0.05) is 11.9 Å². The number of carbonyl (C=O) groups excluding carboxylic acids is 1. The first kappa shape index (κ1) is 12.8. The molecule has 0 aromatic carbocycles. The van der Waals surface area contributed by atoms with Gasteiger partial charge in [0.25, 0.3) is 0 Å². The molecule has 3 rings (SSSR count). The van der Waals surface area contributed by atoms with Gasteiger partial charge in [-0.05, 0) is 50.9 Å². The van der Waals surface area contributed by atoms with Crippen molar-refractivity contribution >= 4 is 5.78 Å². The number of hydrogen-bond donors (Lipinski definition) is 0. The van der Waals surface area contributed by atoms with Crippen LogP contribution in [0.2, 0.25) is 0 Å². The zero-order valence-electron chi connectivity index (χ0n) is 11.5. The van der Waals surface area contributed by atoms with E-state index in [0.29, 0.717) is 12.2 Å². The summed E-state index contributed by atoms with van der Waals surface area (Å²) in [5.41, 5.74) is 0.756. The Morgan fingerprint density at radius 2 is 1.89 bits per heavy atom. The van der Waals surface area contributed by atoms with Crippen molar-refractivity contribution in [1.82, 2.24) is 9.88 Å². The summed E-state index contributed by atoms with van der Waals surface area (Å²) in [6.07, 6.45) is 9.28. The van der Waals surface area contributed by atoms with Gasteiger partial charge in [-0.2, -0.15) is 0 Å². The monoisotopic (exact) mass is 258 g/mol. The van der Waals surface area contributed by atoms with Crippen LogP contribution in [0.5, 0.6) is 0 Å². The maximum absolute atomic E-state index is 12.8. The fourth-order valence-electron chi connectivity index (χ4n) is 3.71. The van der Waals surface area contributed by atoms with Crippen LogP contribution < -0.4 is 0 Å². The first-order valence-electron chi connectivity index (χ1n) is 7.49. The van der Waals surface area contributed by atoms with E-state index in [-0.39, 0.29) is 5.54 Å². The predicted octanol–water partition coefficient (Wildman–Crippen LogP) is 2.60. The van der Waals surface area contributed by atoms with Gasteiger partial charge in [-0.25, -0.2) is 0 Å². The van der Waals surface area contributed by atoms with E-state index >= 15 is 0 Å². The van der Waals surface area contributed by atoms with Crippen molar-refractivity contribution in [2.45, 2.75) is 50.5 Å². The molecule has 19 heavy (non-hydrogen) atoms. The van der Waals surface area contributed by atoms with E-state index in [1.165, 1.54) is 25.7 Å². The third-order valence-corrected chi connectivity index (χ3v) is 4.73. The van der Waals surface area contributed by atoms with Gasteiger partial charge >= 0.3 is 0 Å². The highest BCUT2D eigenvalue weighted by atomic mass is 16.1. The van der Waals surface area contributed by atoms with Crippen LogP contribution in [0.3, 0.4) is 0 Å². The number of hydrogen-bond acceptors (Lipinski definition) is 3. The van der Waals surface area contributed by atoms with Gasteiger partial charge in [-0.15, -0.1) is 0 Å². The van der Waals surface area contributed by atoms with Crippen molar-refractivity contribution in [1.29, 1.82) is 0 Å². The highest BCUT2D eigenvalue weighted by Crippen LogP contribution is 2.38. The first-order chi connectivity index (χ1) is 9.31. The van der Waals surface area contributed by atoms with Crippen molar-refractivity contribution in [2.24, 2.45) is 0 Å². The number of pyridine rings is 1. The van der Waals surface area contributed by atoms with E-state index in [4.69, 9.17) is 0 Å². The lowest BCUT2D eigenvalue weighted by molar-refractivity contribution is -0.129. The predicted molar refractivity (Wildman–Crippen MR) is 75.0 cm³/mol. The Labute approximate surface area is 115 Å². The molecule has 1 aromatic rings. The molecule has 0 N–H and O–H groups in total. The first-order valence-corrected chi connectivity index (χ1v) is 7.49. The highest BCUT2D eigenvalue weighted by molar-refractivity contribution is 5.90. The third-order valence-electron chi connectivity index (χ3n) is 4.73. The van der Waals surface area contributed by atoms with Crippen molar-refractivity contribution in [3.05, 3.63) is 30.1 Å². The molecular formula is C16H22N2O. The Bertz CT molecular complexity index is 431. The number of nitrogens with zero attached hydrogens (tertiary/aromatic N) is 2. The van der Waals surface area contributed by atoms with Crippen LogP contribution in [0.1, 0.15) is 44.2 Å². The summed E-state index contributed by atoms with van der Waals surface area (Å²) < 4.78 is 0. The molecule has 0 radical (unpaired) electrons. The van der Waals surface area contributed by atoms with Gasteiger partial charge in [-0.1, -0.05) is 18.9 Å². The molecule has 1 aliphatic carbocycles. The number of rotatable bonds is 4. The van der Waals surface area contributed by atoms with E-state index in [1.54, 1.807) is 6.20 Å². The molecule has 2 aliphatic rings. The maximum Gasteiger partial charge on any atom is 0.159 e. The lowest BCUT2D eigenvalue weighted by Crippen LogP contribution is -2.52. The molecule has 3 nitrogen and oxygen atoms in total. The fourth-order valence-corrected chi connectivity index (χ4v) is 3.71. The van der Waals surface area contributed by atoms with Gasteiger partial charge in [0.2, 0.25) is 0 Å². The number of likely N-dealkylation sites (tertiary alicyclic amines) is 1. The van der Waals surface area contributed by atoms with Gasteiger partial charge in [0.1, 0.15) is 0 Å². The van der Waals surface area contributed by atoms with Gasteiger partial charge in [-0.3, -0.25) is 14.7 Å². The second-order valence-corrected chi connectivity index (χ2v) is 5.85. The smallest absolute Gasteiger partial charge is 0.159 e. The second kappa shape index (κ2) is 5.41. The molecule has 0 atom stereocenters. The lowest BCUT2D eigenvalue weighted by Gasteiger charge is -2.37. The molecule has 2 heterocycles. The number of ketones is 1. The van der Waals surface area contributed by atoms with Crippen molar-refractivity contribution in [3.8, 4) is 0 Å². The lowest BCUT2D eigenvalue weighted by atomic mass is 9.87. The molecule has 3 heteroatoms. The molecule has 102 valence electrons. The van der Waals surface area contributed by atoms with Gasteiger partial charge < -0.3 is 0 Å². The van der Waals surface area contributed by atoms with Crippen LogP contribution in [0.15, 0.2) is 24.4 Å². The minimum absolute atomic E-state index is 0.159. The van der Waals surface area contributed by atoms with Crippen LogP contribution >= 0.6 is 0 Å². The number of carbonyl (C=O) groups is 1. The summed E-state index contributed by atoms with van der Waals surface area (Å²) in [4.78, 5) is 19.6. The minimum Gasteiger partial charge on any atom is -0.297 e. The largest absolute Gasteiger partial charge is 0.297 e. The van der Waals surface area contributed by atoms with Crippen LogP contribution in [0, 0.1) is 0 Å². The Balaban J connectivity index is 1.78. The topological polar surface area (TPSA) is 33.2 Å². The minimum atomic E-state index is -0.159. The number of Topliss-reactive ketones (excluding diaryl/α,β-unsaturated/α-hetero) is 1. The van der Waals surface area contributed by atoms with Crippen molar-refractivity contribution in [2.75, 3.05) is 13.1 Å². The summed E-state index contributed by atoms with van der Waals surface area (Å²) in [5.74, 6) is 0.394. The van der Waals surface area contributed by atoms with E-state index in [2.05, 4.69) is 9.88 Å². The fraction of sp³-hybridized carbons (Fsp3) is 0.625. The van der Waals surface area contributed by atoms with Crippen LogP contribution in [-0.4, -0.2) is 34.3 Å². The van der Waals surface area contributed by atoms with E-state index in [9.17, 15) is 4.79 Å². The zero-order chi connectivity index (χ0) is 13.1. The molecule has 0 bridgehead atoms. The zero-order valence-corrected chi connectivity index (χ0v) is 11.5. The molecule has 1 aromatic heterocycles. The third kappa shape index (κ3) is 2.44. The van der Waals surface area contributed by atoms with Crippen molar-refractivity contribution < 1.29 is 4.79 Å². The standard InChI is InChI=1S/C16H22N2O/c19-15(13-14-7-1-4-10-17-14)16(8-2-3-9-16)18-11-5-6-12-18/h1,4,7,10H,2-3,5-6,8-9,11-13H2. The molecule has 1 saturated heterocycles. The summed E-state index contributed by atoms with van der Waals surface area (Å²) >= 11 is 0. The Hall–Kier alpha value is -1.22. The molecule has 2 fully saturated rings. The maximum atomic E-state index is 12.8. The average Bonchev–Trinajstić information content (AvgIpc) is 3.12. The number of aromatic nitrogens is 1. The molecule has 1 saturated carbocycles. The highest BCUT2D eigenvalue weighted by Gasteiger charge is 2.46.